The molecular weight excluding hydrogens is 212 g/mol. The van der Waals surface area contributed by atoms with Crippen LogP contribution >= 0.6 is 0 Å². The lowest BCUT2D eigenvalue weighted by Gasteiger charge is -2.17. The van der Waals surface area contributed by atoms with Crippen molar-refractivity contribution in [3.05, 3.63) is 29.3 Å². The first-order valence-corrected chi connectivity index (χ1v) is 6.27. The SMILES string of the molecule is CCOc1ccc(C(N)CC(C)CN)cc1C. The second-order valence-corrected chi connectivity index (χ2v) is 4.64. The molecule has 0 aliphatic carbocycles. The van der Waals surface area contributed by atoms with Gasteiger partial charge >= 0.3 is 0 Å². The third kappa shape index (κ3) is 4.02. The average molecular weight is 236 g/mol. The van der Waals surface area contributed by atoms with E-state index in [1.807, 2.05) is 26.0 Å². The van der Waals surface area contributed by atoms with Crippen molar-refractivity contribution >= 4 is 0 Å². The molecule has 0 heterocycles. The van der Waals surface area contributed by atoms with E-state index in [2.05, 4.69) is 13.0 Å². The van der Waals surface area contributed by atoms with E-state index in [9.17, 15) is 0 Å². The van der Waals surface area contributed by atoms with Gasteiger partial charge in [-0.1, -0.05) is 19.1 Å². The Hall–Kier alpha value is -1.06. The van der Waals surface area contributed by atoms with Crippen LogP contribution in [0.1, 0.15) is 37.4 Å². The van der Waals surface area contributed by atoms with E-state index in [4.69, 9.17) is 16.2 Å². The molecule has 96 valence electrons. The first-order chi connectivity index (χ1) is 8.08. The topological polar surface area (TPSA) is 61.3 Å². The summed E-state index contributed by atoms with van der Waals surface area (Å²) >= 11 is 0. The number of nitrogens with two attached hydrogens (primary N) is 2. The lowest BCUT2D eigenvalue weighted by Crippen LogP contribution is -2.19. The number of rotatable bonds is 6. The highest BCUT2D eigenvalue weighted by molar-refractivity contribution is 5.37. The highest BCUT2D eigenvalue weighted by Gasteiger charge is 2.11. The summed E-state index contributed by atoms with van der Waals surface area (Å²) in [7, 11) is 0. The summed E-state index contributed by atoms with van der Waals surface area (Å²) in [4.78, 5) is 0. The first kappa shape index (κ1) is 14.0. The van der Waals surface area contributed by atoms with E-state index in [0.29, 0.717) is 19.1 Å². The van der Waals surface area contributed by atoms with Gasteiger partial charge in [0.15, 0.2) is 0 Å². The van der Waals surface area contributed by atoms with Crippen LogP contribution in [0.15, 0.2) is 18.2 Å². The van der Waals surface area contributed by atoms with Crippen molar-refractivity contribution in [3.8, 4) is 5.75 Å². The maximum Gasteiger partial charge on any atom is 0.122 e. The fourth-order valence-electron chi connectivity index (χ4n) is 1.89. The van der Waals surface area contributed by atoms with E-state index in [-0.39, 0.29) is 6.04 Å². The molecule has 3 nitrogen and oxygen atoms in total. The molecule has 0 saturated heterocycles. The van der Waals surface area contributed by atoms with Gasteiger partial charge in [-0.2, -0.15) is 0 Å². The summed E-state index contributed by atoms with van der Waals surface area (Å²) in [6.45, 7) is 7.54. The molecule has 2 unspecified atom stereocenters. The molecule has 1 aromatic rings. The van der Waals surface area contributed by atoms with Crippen LogP contribution in [0.2, 0.25) is 0 Å². The third-order valence-corrected chi connectivity index (χ3v) is 2.99. The number of aryl methyl sites for hydroxylation is 1. The number of benzene rings is 1. The fourth-order valence-corrected chi connectivity index (χ4v) is 1.89. The van der Waals surface area contributed by atoms with Gasteiger partial charge in [-0.05, 0) is 49.9 Å². The van der Waals surface area contributed by atoms with Gasteiger partial charge < -0.3 is 16.2 Å². The monoisotopic (exact) mass is 236 g/mol. The van der Waals surface area contributed by atoms with E-state index >= 15 is 0 Å². The van der Waals surface area contributed by atoms with Crippen LogP contribution in [0.25, 0.3) is 0 Å². The summed E-state index contributed by atoms with van der Waals surface area (Å²) in [6.07, 6.45) is 0.921. The Labute approximate surface area is 104 Å². The Morgan fingerprint density at radius 3 is 2.59 bits per heavy atom. The molecule has 4 N–H and O–H groups in total. The molecule has 1 aromatic carbocycles. The number of hydrogen-bond acceptors (Lipinski definition) is 3. The van der Waals surface area contributed by atoms with E-state index in [1.165, 1.54) is 0 Å². The molecule has 17 heavy (non-hydrogen) atoms. The smallest absolute Gasteiger partial charge is 0.122 e. The summed E-state index contributed by atoms with van der Waals surface area (Å²) in [5.74, 6) is 1.40. The van der Waals surface area contributed by atoms with E-state index < -0.39 is 0 Å². The predicted molar refractivity (Wildman–Crippen MR) is 72.1 cm³/mol. The molecular formula is C14H24N2O. The van der Waals surface area contributed by atoms with Crippen LogP contribution < -0.4 is 16.2 Å². The molecule has 0 fully saturated rings. The van der Waals surface area contributed by atoms with Crippen molar-refractivity contribution in [2.24, 2.45) is 17.4 Å². The lowest BCUT2D eigenvalue weighted by atomic mass is 9.95. The van der Waals surface area contributed by atoms with E-state index in [1.54, 1.807) is 0 Å². The van der Waals surface area contributed by atoms with Crippen LogP contribution in [0.4, 0.5) is 0 Å². The predicted octanol–water partition coefficient (Wildman–Crippen LogP) is 2.38. The van der Waals surface area contributed by atoms with Crippen LogP contribution in [0, 0.1) is 12.8 Å². The van der Waals surface area contributed by atoms with Crippen molar-refractivity contribution in [2.75, 3.05) is 13.2 Å². The molecule has 1 rings (SSSR count). The van der Waals surface area contributed by atoms with Crippen LogP contribution in [0.3, 0.4) is 0 Å². The van der Waals surface area contributed by atoms with Gasteiger partial charge in [-0.3, -0.25) is 0 Å². The maximum absolute atomic E-state index is 6.17. The van der Waals surface area contributed by atoms with Crippen molar-refractivity contribution in [3.63, 3.8) is 0 Å². The second-order valence-electron chi connectivity index (χ2n) is 4.64. The molecule has 3 heteroatoms. The molecule has 0 bridgehead atoms. The molecule has 0 radical (unpaired) electrons. The summed E-state index contributed by atoms with van der Waals surface area (Å²) in [5, 5.41) is 0. The summed E-state index contributed by atoms with van der Waals surface area (Å²) in [5.41, 5.74) is 14.1. The van der Waals surface area contributed by atoms with Gasteiger partial charge in [0, 0.05) is 6.04 Å². The summed E-state index contributed by atoms with van der Waals surface area (Å²) < 4.78 is 5.51. The highest BCUT2D eigenvalue weighted by Crippen LogP contribution is 2.24. The molecule has 0 aliphatic heterocycles. The minimum atomic E-state index is 0.0583. The minimum Gasteiger partial charge on any atom is -0.494 e. The zero-order chi connectivity index (χ0) is 12.8. The third-order valence-electron chi connectivity index (χ3n) is 2.99. The summed E-state index contributed by atoms with van der Waals surface area (Å²) in [6, 6.07) is 6.22. The Morgan fingerprint density at radius 2 is 2.06 bits per heavy atom. The molecule has 0 aromatic heterocycles. The number of hydrogen-bond donors (Lipinski definition) is 2. The minimum absolute atomic E-state index is 0.0583. The maximum atomic E-state index is 6.17. The van der Waals surface area contributed by atoms with Crippen molar-refractivity contribution in [1.82, 2.24) is 0 Å². The van der Waals surface area contributed by atoms with Crippen LogP contribution in [-0.2, 0) is 0 Å². The van der Waals surface area contributed by atoms with Crippen LogP contribution in [0.5, 0.6) is 5.75 Å². The Kier molecular flexibility index (Phi) is 5.45. The van der Waals surface area contributed by atoms with Crippen molar-refractivity contribution < 1.29 is 4.74 Å². The molecule has 0 saturated carbocycles. The van der Waals surface area contributed by atoms with Gasteiger partial charge in [-0.25, -0.2) is 0 Å². The Bertz CT molecular complexity index is 352. The van der Waals surface area contributed by atoms with Gasteiger partial charge in [0.25, 0.3) is 0 Å². The van der Waals surface area contributed by atoms with Crippen molar-refractivity contribution in [2.45, 2.75) is 33.2 Å². The second kappa shape index (κ2) is 6.62. The van der Waals surface area contributed by atoms with Gasteiger partial charge in [0.2, 0.25) is 0 Å². The standard InChI is InChI=1S/C14H24N2O/c1-4-17-14-6-5-12(8-11(14)3)13(16)7-10(2)9-15/h5-6,8,10,13H,4,7,9,15-16H2,1-3H3. The normalized spacial score (nSPS) is 14.4. The Balaban J connectivity index is 2.75. The Morgan fingerprint density at radius 1 is 1.35 bits per heavy atom. The zero-order valence-electron chi connectivity index (χ0n) is 11.1. The largest absolute Gasteiger partial charge is 0.494 e. The lowest BCUT2D eigenvalue weighted by molar-refractivity contribution is 0.337. The van der Waals surface area contributed by atoms with Gasteiger partial charge in [0.1, 0.15) is 5.75 Å². The molecule has 0 aliphatic rings. The van der Waals surface area contributed by atoms with Crippen molar-refractivity contribution in [1.29, 1.82) is 0 Å². The average Bonchev–Trinajstić information content (AvgIpc) is 2.31. The molecule has 0 spiro atoms. The highest BCUT2D eigenvalue weighted by atomic mass is 16.5. The quantitative estimate of drug-likeness (QED) is 0.797. The molecule has 2 atom stereocenters. The zero-order valence-corrected chi connectivity index (χ0v) is 11.1. The van der Waals surface area contributed by atoms with Gasteiger partial charge in [0.05, 0.1) is 6.61 Å². The number of ether oxygens (including phenoxy) is 1. The van der Waals surface area contributed by atoms with Gasteiger partial charge in [-0.15, -0.1) is 0 Å². The molecule has 0 amide bonds. The fraction of sp³-hybridized carbons (Fsp3) is 0.571. The first-order valence-electron chi connectivity index (χ1n) is 6.27. The van der Waals surface area contributed by atoms with E-state index in [0.717, 1.165) is 23.3 Å². The van der Waals surface area contributed by atoms with Crippen LogP contribution in [-0.4, -0.2) is 13.2 Å².